The normalized spacial score (nSPS) is 13.8. The van der Waals surface area contributed by atoms with E-state index in [1.807, 2.05) is 0 Å². The lowest BCUT2D eigenvalue weighted by Gasteiger charge is -2.23. The van der Waals surface area contributed by atoms with Gasteiger partial charge >= 0.3 is 12.1 Å². The quantitative estimate of drug-likeness (QED) is 0.488. The number of nitrogens with zero attached hydrogens (tertiary/aromatic N) is 1. The number of pyridine rings is 1. The van der Waals surface area contributed by atoms with E-state index in [0.29, 0.717) is 18.3 Å². The first-order chi connectivity index (χ1) is 14.1. The maximum absolute atomic E-state index is 14.3. The van der Waals surface area contributed by atoms with Gasteiger partial charge in [-0.2, -0.15) is 22.0 Å². The second kappa shape index (κ2) is 8.40. The monoisotopic (exact) mass is 476 g/mol. The van der Waals surface area contributed by atoms with Crippen LogP contribution in [0.3, 0.4) is 0 Å². The molecule has 2 rings (SSSR count). The van der Waals surface area contributed by atoms with Gasteiger partial charge in [0, 0.05) is 18.2 Å². The molecule has 0 saturated carbocycles. The van der Waals surface area contributed by atoms with Gasteiger partial charge in [0.1, 0.15) is 16.8 Å². The van der Waals surface area contributed by atoms with Crippen molar-refractivity contribution in [2.24, 2.45) is 5.73 Å². The number of carbonyl (C=O) groups is 1. The van der Waals surface area contributed by atoms with Crippen LogP contribution in [0.1, 0.15) is 33.3 Å². The van der Waals surface area contributed by atoms with Crippen molar-refractivity contribution in [2.45, 2.75) is 23.8 Å². The lowest BCUT2D eigenvalue weighted by atomic mass is 10.0. The van der Waals surface area contributed by atoms with Crippen LogP contribution in [-0.2, 0) is 9.84 Å². The van der Waals surface area contributed by atoms with Gasteiger partial charge in [0.05, 0.1) is 5.75 Å². The van der Waals surface area contributed by atoms with Gasteiger partial charge in [0.15, 0.2) is 21.5 Å². The van der Waals surface area contributed by atoms with Gasteiger partial charge in [-0.3, -0.25) is 9.78 Å². The summed E-state index contributed by atoms with van der Waals surface area (Å²) in [5, 5.41) is -2.54. The summed E-state index contributed by atoms with van der Waals surface area (Å²) < 4.78 is 131. The van der Waals surface area contributed by atoms with Crippen LogP contribution in [0.25, 0.3) is 0 Å². The van der Waals surface area contributed by atoms with Gasteiger partial charge in [-0.15, -0.1) is 0 Å². The van der Waals surface area contributed by atoms with Crippen molar-refractivity contribution < 1.29 is 48.3 Å². The number of aromatic nitrogens is 1. The second-order valence-corrected chi connectivity index (χ2v) is 8.50. The van der Waals surface area contributed by atoms with Gasteiger partial charge in [-0.1, -0.05) is 6.07 Å². The van der Waals surface area contributed by atoms with Crippen LogP contribution < -0.4 is 5.73 Å². The largest absolute Gasteiger partial charge is 0.453 e. The zero-order valence-electron chi connectivity index (χ0n) is 15.1. The van der Waals surface area contributed by atoms with E-state index in [-0.39, 0.29) is 0 Å². The fraction of sp³-hybridized carbons (Fsp3) is 0.294. The Hall–Kier alpha value is -2.77. The van der Waals surface area contributed by atoms with E-state index in [9.17, 15) is 48.3 Å². The second-order valence-electron chi connectivity index (χ2n) is 6.30. The molecular formula is C17H12F8N2O3S. The Morgan fingerprint density at radius 2 is 1.58 bits per heavy atom. The zero-order chi connectivity index (χ0) is 23.8. The molecule has 0 aliphatic rings. The molecule has 0 aliphatic carbocycles. The summed E-state index contributed by atoms with van der Waals surface area (Å²) in [6, 6.07) is 2.30. The van der Waals surface area contributed by atoms with Gasteiger partial charge in [-0.25, -0.2) is 21.6 Å². The van der Waals surface area contributed by atoms with E-state index >= 15 is 0 Å². The molecule has 1 heterocycles. The van der Waals surface area contributed by atoms with Crippen LogP contribution >= 0.6 is 0 Å². The topological polar surface area (TPSA) is 90.1 Å². The average Bonchev–Trinajstić information content (AvgIpc) is 2.66. The van der Waals surface area contributed by atoms with E-state index in [1.165, 1.54) is 0 Å². The molecule has 2 aromatic rings. The summed E-state index contributed by atoms with van der Waals surface area (Å²) >= 11 is 0. The molecule has 1 amide bonds. The van der Waals surface area contributed by atoms with E-state index in [1.54, 1.807) is 0 Å². The molecule has 0 spiro atoms. The molecule has 14 heteroatoms. The van der Waals surface area contributed by atoms with Crippen LogP contribution in [0, 0.1) is 17.5 Å². The lowest BCUT2D eigenvalue weighted by molar-refractivity contribution is -0.282. The average molecular weight is 476 g/mol. The number of nitrogens with two attached hydrogens (primary N) is 1. The van der Waals surface area contributed by atoms with Crippen LogP contribution in [0.2, 0.25) is 0 Å². The highest BCUT2D eigenvalue weighted by molar-refractivity contribution is 7.91. The number of hydrogen-bond donors (Lipinski definition) is 1. The zero-order valence-corrected chi connectivity index (χ0v) is 15.9. The lowest BCUT2D eigenvalue weighted by Crippen LogP contribution is -2.38. The van der Waals surface area contributed by atoms with Crippen LogP contribution in [0.4, 0.5) is 35.1 Å². The first-order valence-corrected chi connectivity index (χ1v) is 9.85. The van der Waals surface area contributed by atoms with E-state index in [4.69, 9.17) is 5.73 Å². The number of primary amides is 1. The summed E-state index contributed by atoms with van der Waals surface area (Å²) in [5.41, 5.74) is 2.49. The summed E-state index contributed by atoms with van der Waals surface area (Å²) in [6.07, 6.45) is -7.72. The Balaban J connectivity index is 2.63. The fourth-order valence-electron chi connectivity index (χ4n) is 2.57. The first-order valence-electron chi connectivity index (χ1n) is 8.14. The highest BCUT2D eigenvalue weighted by Gasteiger charge is 2.57. The number of hydrogen-bond acceptors (Lipinski definition) is 4. The molecule has 0 radical (unpaired) electrons. The number of benzene rings is 1. The third-order valence-corrected chi connectivity index (χ3v) is 6.16. The molecule has 0 fully saturated rings. The molecule has 1 aromatic carbocycles. The number of rotatable bonds is 7. The number of carbonyl (C=O) groups excluding carboxylic acids is 1. The van der Waals surface area contributed by atoms with Crippen molar-refractivity contribution in [3.63, 3.8) is 0 Å². The van der Waals surface area contributed by atoms with Crippen molar-refractivity contribution in [2.75, 3.05) is 5.75 Å². The van der Waals surface area contributed by atoms with Crippen LogP contribution in [-0.4, -0.2) is 37.2 Å². The molecule has 0 bridgehead atoms. The molecule has 31 heavy (non-hydrogen) atoms. The summed E-state index contributed by atoms with van der Waals surface area (Å²) in [4.78, 5) is 14.6. The van der Waals surface area contributed by atoms with Crippen molar-refractivity contribution in [3.05, 3.63) is 64.7 Å². The van der Waals surface area contributed by atoms with E-state index in [2.05, 4.69) is 4.98 Å². The van der Waals surface area contributed by atoms with Gasteiger partial charge in [0.25, 0.3) is 5.91 Å². The van der Waals surface area contributed by atoms with Gasteiger partial charge < -0.3 is 5.73 Å². The molecular weight excluding hydrogens is 464 g/mol. The molecule has 0 saturated heterocycles. The van der Waals surface area contributed by atoms with Crippen LogP contribution in [0.15, 0.2) is 30.5 Å². The molecule has 1 aromatic heterocycles. The van der Waals surface area contributed by atoms with Crippen molar-refractivity contribution in [3.8, 4) is 0 Å². The maximum atomic E-state index is 14.3. The standard InChI is InChI=1S/C17H12F8N2O3S/c18-9-2-3-10(19)13(20)12(9)14(8-1-4-11(15(26)28)27-7-8)31(29,30)6-5-16(21,22)17(23,24)25/h1-4,7,14H,5-6H2,(H2,26,28). The molecule has 170 valence electrons. The Morgan fingerprint density at radius 1 is 1.00 bits per heavy atom. The highest BCUT2D eigenvalue weighted by Crippen LogP contribution is 2.41. The maximum Gasteiger partial charge on any atom is 0.453 e. The third-order valence-electron chi connectivity index (χ3n) is 4.16. The molecule has 1 atom stereocenters. The molecule has 5 nitrogen and oxygen atoms in total. The van der Waals surface area contributed by atoms with E-state index in [0.717, 1.165) is 12.1 Å². The number of amides is 1. The molecule has 1 unspecified atom stereocenters. The predicted molar refractivity (Wildman–Crippen MR) is 90.3 cm³/mol. The van der Waals surface area contributed by atoms with Gasteiger partial charge in [-0.05, 0) is 23.8 Å². The van der Waals surface area contributed by atoms with Gasteiger partial charge in [0.2, 0.25) is 0 Å². The Morgan fingerprint density at radius 3 is 2.06 bits per heavy atom. The van der Waals surface area contributed by atoms with Crippen molar-refractivity contribution >= 4 is 15.7 Å². The Bertz CT molecular complexity index is 1090. The summed E-state index contributed by atoms with van der Waals surface area (Å²) in [6.45, 7) is 0. The van der Waals surface area contributed by atoms with Crippen molar-refractivity contribution in [1.29, 1.82) is 0 Å². The minimum Gasteiger partial charge on any atom is -0.364 e. The number of alkyl halides is 5. The first kappa shape index (κ1) is 24.5. The summed E-state index contributed by atoms with van der Waals surface area (Å²) in [5.74, 6) is -13.6. The number of halogens is 8. The smallest absolute Gasteiger partial charge is 0.364 e. The molecule has 0 aliphatic heterocycles. The third kappa shape index (κ3) is 5.11. The Kier molecular flexibility index (Phi) is 6.64. The Labute approximate surface area is 169 Å². The summed E-state index contributed by atoms with van der Waals surface area (Å²) in [7, 11) is -5.20. The van der Waals surface area contributed by atoms with Crippen molar-refractivity contribution in [1.82, 2.24) is 4.98 Å². The SMILES string of the molecule is NC(=O)c1ccc(C(c2c(F)ccc(F)c2F)S(=O)(=O)CCC(F)(F)C(F)(F)F)cn1. The highest BCUT2D eigenvalue weighted by atomic mass is 32.2. The minimum atomic E-state index is -6.07. The minimum absolute atomic E-state index is 0.323. The molecule has 2 N–H and O–H groups in total. The fourth-order valence-corrected chi connectivity index (χ4v) is 4.48. The predicted octanol–water partition coefficient (Wildman–Crippen LogP) is 3.69. The van der Waals surface area contributed by atoms with Crippen LogP contribution in [0.5, 0.6) is 0 Å². The number of sulfone groups is 1. The van der Waals surface area contributed by atoms with E-state index < -0.39 is 79.5 Å².